The van der Waals surface area contributed by atoms with E-state index in [1.54, 1.807) is 17.9 Å². The standard InChI is InChI=1S/C12H16ClN5O/c1-3-6-18-12(15-16-17-18)14-8-9-7-10(13)4-5-11(9)19-2/h4-5,7H,3,6,8H2,1-2H3,(H,14,15,17). The van der Waals surface area contributed by atoms with Crippen LogP contribution < -0.4 is 10.1 Å². The van der Waals surface area contributed by atoms with Gasteiger partial charge in [-0.1, -0.05) is 23.6 Å². The second-order valence-corrected chi connectivity index (χ2v) is 4.47. The molecule has 0 aliphatic carbocycles. The maximum Gasteiger partial charge on any atom is 0.243 e. The van der Waals surface area contributed by atoms with Crippen LogP contribution in [0.1, 0.15) is 18.9 Å². The summed E-state index contributed by atoms with van der Waals surface area (Å²) >= 11 is 5.99. The molecular weight excluding hydrogens is 266 g/mol. The molecule has 1 aromatic carbocycles. The number of benzene rings is 1. The first-order valence-electron chi connectivity index (χ1n) is 6.07. The van der Waals surface area contributed by atoms with Crippen molar-refractivity contribution in [3.63, 3.8) is 0 Å². The Morgan fingerprint density at radius 3 is 3.00 bits per heavy atom. The SMILES string of the molecule is CCCn1nnnc1NCc1cc(Cl)ccc1OC. The molecule has 1 heterocycles. The fraction of sp³-hybridized carbons (Fsp3) is 0.417. The number of hydrogen-bond donors (Lipinski definition) is 1. The molecular formula is C12H16ClN5O. The molecule has 0 fully saturated rings. The number of nitrogens with one attached hydrogen (secondary N) is 1. The minimum atomic E-state index is 0.549. The van der Waals surface area contributed by atoms with E-state index >= 15 is 0 Å². The molecule has 1 N–H and O–H groups in total. The summed E-state index contributed by atoms with van der Waals surface area (Å²) in [6.07, 6.45) is 0.972. The Bertz CT molecular complexity index is 543. The molecule has 102 valence electrons. The molecule has 0 aliphatic rings. The number of anilines is 1. The van der Waals surface area contributed by atoms with Gasteiger partial charge >= 0.3 is 0 Å². The number of hydrogen-bond acceptors (Lipinski definition) is 5. The number of nitrogens with zero attached hydrogens (tertiary/aromatic N) is 4. The van der Waals surface area contributed by atoms with Crippen molar-refractivity contribution < 1.29 is 4.74 Å². The minimum Gasteiger partial charge on any atom is -0.496 e. The Kier molecular flexibility index (Phi) is 4.57. The summed E-state index contributed by atoms with van der Waals surface area (Å²) in [6, 6.07) is 5.50. The van der Waals surface area contributed by atoms with Gasteiger partial charge in [0.15, 0.2) is 0 Å². The van der Waals surface area contributed by atoms with Crippen LogP contribution in [-0.4, -0.2) is 27.3 Å². The van der Waals surface area contributed by atoms with Crippen LogP contribution in [0.25, 0.3) is 0 Å². The monoisotopic (exact) mass is 281 g/mol. The number of tetrazole rings is 1. The molecule has 0 saturated carbocycles. The van der Waals surface area contributed by atoms with E-state index in [2.05, 4.69) is 27.8 Å². The third-order valence-corrected chi connectivity index (χ3v) is 2.88. The zero-order valence-corrected chi connectivity index (χ0v) is 11.7. The average Bonchev–Trinajstić information content (AvgIpc) is 2.84. The molecule has 0 unspecified atom stereocenters. The second-order valence-electron chi connectivity index (χ2n) is 4.04. The van der Waals surface area contributed by atoms with Gasteiger partial charge in [-0.15, -0.1) is 0 Å². The molecule has 0 saturated heterocycles. The lowest BCUT2D eigenvalue weighted by atomic mass is 10.2. The van der Waals surface area contributed by atoms with E-state index in [4.69, 9.17) is 16.3 Å². The van der Waals surface area contributed by atoms with Crippen LogP contribution in [0.3, 0.4) is 0 Å². The highest BCUT2D eigenvalue weighted by Gasteiger charge is 2.07. The van der Waals surface area contributed by atoms with Crippen LogP contribution in [0.15, 0.2) is 18.2 Å². The number of aromatic nitrogens is 4. The van der Waals surface area contributed by atoms with Crippen LogP contribution in [0.5, 0.6) is 5.75 Å². The molecule has 2 rings (SSSR count). The Morgan fingerprint density at radius 2 is 2.26 bits per heavy atom. The van der Waals surface area contributed by atoms with Crippen molar-refractivity contribution in [1.82, 2.24) is 20.2 Å². The molecule has 0 radical (unpaired) electrons. The van der Waals surface area contributed by atoms with E-state index in [1.165, 1.54) is 0 Å². The van der Waals surface area contributed by atoms with Crippen molar-refractivity contribution in [3.05, 3.63) is 28.8 Å². The van der Waals surface area contributed by atoms with Crippen LogP contribution in [-0.2, 0) is 13.1 Å². The topological polar surface area (TPSA) is 64.9 Å². The van der Waals surface area contributed by atoms with Crippen molar-refractivity contribution in [3.8, 4) is 5.75 Å². The molecule has 0 atom stereocenters. The lowest BCUT2D eigenvalue weighted by Crippen LogP contribution is -2.09. The molecule has 0 spiro atoms. The van der Waals surface area contributed by atoms with Gasteiger partial charge in [0.1, 0.15) is 5.75 Å². The van der Waals surface area contributed by atoms with Crippen LogP contribution >= 0.6 is 11.6 Å². The summed E-state index contributed by atoms with van der Waals surface area (Å²) in [5.74, 6) is 1.43. The first-order valence-corrected chi connectivity index (χ1v) is 6.45. The highest BCUT2D eigenvalue weighted by molar-refractivity contribution is 6.30. The van der Waals surface area contributed by atoms with Gasteiger partial charge in [0.2, 0.25) is 5.95 Å². The van der Waals surface area contributed by atoms with E-state index in [0.717, 1.165) is 24.3 Å². The van der Waals surface area contributed by atoms with E-state index in [9.17, 15) is 0 Å². The van der Waals surface area contributed by atoms with Gasteiger partial charge in [-0.2, -0.15) is 0 Å². The number of ether oxygens (including phenoxy) is 1. The second kappa shape index (κ2) is 6.38. The number of methoxy groups -OCH3 is 1. The van der Waals surface area contributed by atoms with E-state index in [0.29, 0.717) is 17.5 Å². The highest BCUT2D eigenvalue weighted by atomic mass is 35.5. The Balaban J connectivity index is 2.09. The number of aryl methyl sites for hydroxylation is 1. The molecule has 0 aliphatic heterocycles. The lowest BCUT2D eigenvalue weighted by molar-refractivity contribution is 0.410. The van der Waals surface area contributed by atoms with E-state index in [-0.39, 0.29) is 0 Å². The fourth-order valence-electron chi connectivity index (χ4n) is 1.75. The van der Waals surface area contributed by atoms with Gasteiger partial charge in [-0.25, -0.2) is 4.68 Å². The summed E-state index contributed by atoms with van der Waals surface area (Å²) < 4.78 is 7.02. The van der Waals surface area contributed by atoms with E-state index < -0.39 is 0 Å². The molecule has 7 heteroatoms. The van der Waals surface area contributed by atoms with Gasteiger partial charge in [0, 0.05) is 23.7 Å². The van der Waals surface area contributed by atoms with Crippen LogP contribution in [0.2, 0.25) is 5.02 Å². The quantitative estimate of drug-likeness (QED) is 0.880. The zero-order chi connectivity index (χ0) is 13.7. The Labute approximate surface area is 116 Å². The van der Waals surface area contributed by atoms with E-state index in [1.807, 2.05) is 12.1 Å². The fourth-order valence-corrected chi connectivity index (χ4v) is 1.95. The van der Waals surface area contributed by atoms with Crippen LogP contribution in [0, 0.1) is 0 Å². The van der Waals surface area contributed by atoms with Gasteiger partial charge in [0.25, 0.3) is 0 Å². The first kappa shape index (κ1) is 13.6. The summed E-state index contributed by atoms with van der Waals surface area (Å²) in [6.45, 7) is 3.40. The molecule has 2 aromatic rings. The third-order valence-electron chi connectivity index (χ3n) is 2.65. The van der Waals surface area contributed by atoms with Crippen molar-refractivity contribution in [1.29, 1.82) is 0 Å². The summed E-state index contributed by atoms with van der Waals surface area (Å²) in [4.78, 5) is 0. The maximum absolute atomic E-state index is 5.99. The maximum atomic E-state index is 5.99. The van der Waals surface area contributed by atoms with Gasteiger partial charge in [-0.05, 0) is 35.0 Å². The largest absolute Gasteiger partial charge is 0.496 e. The number of rotatable bonds is 6. The zero-order valence-electron chi connectivity index (χ0n) is 10.9. The molecule has 1 aromatic heterocycles. The Morgan fingerprint density at radius 1 is 1.42 bits per heavy atom. The smallest absolute Gasteiger partial charge is 0.243 e. The molecule has 19 heavy (non-hydrogen) atoms. The van der Waals surface area contributed by atoms with Crippen molar-refractivity contribution in [2.45, 2.75) is 26.4 Å². The predicted octanol–water partition coefficient (Wildman–Crippen LogP) is 2.36. The summed E-state index contributed by atoms with van der Waals surface area (Å²) in [5, 5.41) is 15.4. The average molecular weight is 282 g/mol. The van der Waals surface area contributed by atoms with Crippen molar-refractivity contribution in [2.24, 2.45) is 0 Å². The van der Waals surface area contributed by atoms with Crippen molar-refractivity contribution in [2.75, 3.05) is 12.4 Å². The third kappa shape index (κ3) is 3.35. The normalized spacial score (nSPS) is 10.5. The minimum absolute atomic E-state index is 0.549. The highest BCUT2D eigenvalue weighted by Crippen LogP contribution is 2.23. The Hall–Kier alpha value is -1.82. The van der Waals surface area contributed by atoms with Crippen molar-refractivity contribution >= 4 is 17.5 Å². The predicted molar refractivity (Wildman–Crippen MR) is 73.4 cm³/mol. The molecule has 0 amide bonds. The molecule has 0 bridgehead atoms. The first-order chi connectivity index (χ1) is 9.24. The lowest BCUT2D eigenvalue weighted by Gasteiger charge is -2.10. The summed E-state index contributed by atoms with van der Waals surface area (Å²) in [5.41, 5.74) is 0.959. The van der Waals surface area contributed by atoms with Crippen LogP contribution in [0.4, 0.5) is 5.95 Å². The van der Waals surface area contributed by atoms with Gasteiger partial charge in [-0.3, -0.25) is 0 Å². The van der Waals surface area contributed by atoms with Gasteiger partial charge in [0.05, 0.1) is 7.11 Å². The molecule has 6 nitrogen and oxygen atoms in total. The van der Waals surface area contributed by atoms with Gasteiger partial charge < -0.3 is 10.1 Å². The number of halogens is 1. The summed E-state index contributed by atoms with van der Waals surface area (Å²) in [7, 11) is 1.63.